The normalized spacial score (nSPS) is 10.2. The van der Waals surface area contributed by atoms with Crippen LogP contribution in [0.4, 0.5) is 0 Å². The summed E-state index contributed by atoms with van der Waals surface area (Å²) in [5, 5.41) is 18.8. The van der Waals surface area contributed by atoms with Crippen molar-refractivity contribution in [1.29, 1.82) is 0 Å². The lowest BCUT2D eigenvalue weighted by Crippen LogP contribution is -2.01. The summed E-state index contributed by atoms with van der Waals surface area (Å²) in [6, 6.07) is 7.27. The van der Waals surface area contributed by atoms with Gasteiger partial charge in [-0.2, -0.15) is 0 Å². The average Bonchev–Trinajstić information content (AvgIpc) is 2.32. The highest BCUT2D eigenvalue weighted by molar-refractivity contribution is 6.33. The van der Waals surface area contributed by atoms with E-state index < -0.39 is 5.97 Å². The number of aromatic carboxylic acids is 1. The fraction of sp³-hybridized carbons (Fsp3) is 0. The minimum absolute atomic E-state index is 0.00592. The largest absolute Gasteiger partial charge is 0.508 e. The van der Waals surface area contributed by atoms with Gasteiger partial charge in [-0.15, -0.1) is 0 Å². The molecule has 0 saturated heterocycles. The van der Waals surface area contributed by atoms with Gasteiger partial charge in [0.1, 0.15) is 5.75 Å². The van der Waals surface area contributed by atoms with Crippen molar-refractivity contribution in [1.82, 2.24) is 4.98 Å². The maximum atomic E-state index is 11.0. The van der Waals surface area contributed by atoms with Gasteiger partial charge in [0.05, 0.1) is 16.3 Å². The zero-order valence-electron chi connectivity index (χ0n) is 8.59. The van der Waals surface area contributed by atoms with Crippen LogP contribution in [0.2, 0.25) is 5.02 Å². The molecule has 5 heteroatoms. The van der Waals surface area contributed by atoms with Crippen LogP contribution in [0.5, 0.6) is 5.75 Å². The molecule has 4 nitrogen and oxygen atoms in total. The van der Waals surface area contributed by atoms with Gasteiger partial charge in [-0.3, -0.25) is 4.98 Å². The summed E-state index contributed by atoms with van der Waals surface area (Å²) in [6.07, 6.45) is 1.47. The molecule has 0 aliphatic carbocycles. The number of halogens is 1. The quantitative estimate of drug-likeness (QED) is 0.859. The highest BCUT2D eigenvalue weighted by Gasteiger charge is 2.15. The molecule has 17 heavy (non-hydrogen) atoms. The van der Waals surface area contributed by atoms with E-state index in [0.29, 0.717) is 10.6 Å². The maximum Gasteiger partial charge on any atom is 0.337 e. The molecular weight excluding hydrogens is 242 g/mol. The van der Waals surface area contributed by atoms with Gasteiger partial charge in [-0.1, -0.05) is 11.6 Å². The number of benzene rings is 1. The first-order chi connectivity index (χ1) is 8.09. The van der Waals surface area contributed by atoms with E-state index in [-0.39, 0.29) is 17.0 Å². The van der Waals surface area contributed by atoms with Crippen LogP contribution in [0, 0.1) is 0 Å². The number of phenolic OH excluding ortho intramolecular Hbond substituents is 1. The zero-order chi connectivity index (χ0) is 12.4. The van der Waals surface area contributed by atoms with Crippen molar-refractivity contribution in [2.75, 3.05) is 0 Å². The Morgan fingerprint density at radius 3 is 2.76 bits per heavy atom. The monoisotopic (exact) mass is 249 g/mol. The second kappa shape index (κ2) is 4.43. The molecule has 0 saturated carbocycles. The summed E-state index contributed by atoms with van der Waals surface area (Å²) in [5.41, 5.74) is 0.672. The number of hydrogen-bond acceptors (Lipinski definition) is 3. The molecule has 0 atom stereocenters. The van der Waals surface area contributed by atoms with Crippen molar-refractivity contribution in [3.05, 3.63) is 47.1 Å². The van der Waals surface area contributed by atoms with Gasteiger partial charge in [-0.25, -0.2) is 4.79 Å². The second-order valence-electron chi connectivity index (χ2n) is 3.37. The number of carboxylic acids is 1. The number of carboxylic acid groups (broad SMARTS) is 1. The van der Waals surface area contributed by atoms with Crippen molar-refractivity contribution >= 4 is 17.6 Å². The van der Waals surface area contributed by atoms with Crippen LogP contribution >= 0.6 is 11.6 Å². The third-order valence-electron chi connectivity index (χ3n) is 2.24. The summed E-state index contributed by atoms with van der Waals surface area (Å²) < 4.78 is 0. The molecule has 0 aliphatic heterocycles. The van der Waals surface area contributed by atoms with Crippen molar-refractivity contribution in [2.45, 2.75) is 0 Å². The van der Waals surface area contributed by atoms with Gasteiger partial charge in [0.25, 0.3) is 0 Å². The number of pyridine rings is 1. The van der Waals surface area contributed by atoms with E-state index in [4.69, 9.17) is 16.7 Å². The predicted molar refractivity (Wildman–Crippen MR) is 63.3 cm³/mol. The molecule has 0 spiro atoms. The van der Waals surface area contributed by atoms with Crippen LogP contribution in [-0.4, -0.2) is 21.2 Å². The van der Waals surface area contributed by atoms with Crippen LogP contribution in [0.15, 0.2) is 36.5 Å². The lowest BCUT2D eigenvalue weighted by Gasteiger charge is -2.07. The molecule has 1 aromatic heterocycles. The first-order valence-corrected chi connectivity index (χ1v) is 5.14. The molecule has 1 heterocycles. The smallest absolute Gasteiger partial charge is 0.337 e. The number of rotatable bonds is 2. The van der Waals surface area contributed by atoms with Gasteiger partial charge in [0.15, 0.2) is 0 Å². The minimum Gasteiger partial charge on any atom is -0.508 e. The lowest BCUT2D eigenvalue weighted by atomic mass is 10.1. The van der Waals surface area contributed by atoms with Crippen LogP contribution in [0.1, 0.15) is 10.4 Å². The Hall–Kier alpha value is -2.07. The van der Waals surface area contributed by atoms with Crippen molar-refractivity contribution < 1.29 is 15.0 Å². The lowest BCUT2D eigenvalue weighted by molar-refractivity contribution is 0.0697. The Morgan fingerprint density at radius 2 is 2.06 bits per heavy atom. The van der Waals surface area contributed by atoms with Crippen LogP contribution < -0.4 is 0 Å². The molecule has 0 fully saturated rings. The Bertz CT molecular complexity index is 584. The van der Waals surface area contributed by atoms with E-state index in [1.165, 1.54) is 36.5 Å². The number of nitrogens with zero attached hydrogens (tertiary/aromatic N) is 1. The molecule has 0 radical (unpaired) electrons. The molecule has 0 amide bonds. The highest BCUT2D eigenvalue weighted by atomic mass is 35.5. The number of aromatic hydroxyl groups is 1. The van der Waals surface area contributed by atoms with E-state index in [0.717, 1.165) is 0 Å². The number of aromatic nitrogens is 1. The fourth-order valence-electron chi connectivity index (χ4n) is 1.49. The first-order valence-electron chi connectivity index (χ1n) is 4.77. The Labute approximate surface area is 102 Å². The Kier molecular flexibility index (Phi) is 2.97. The van der Waals surface area contributed by atoms with Gasteiger partial charge < -0.3 is 10.2 Å². The van der Waals surface area contributed by atoms with Gasteiger partial charge in [0.2, 0.25) is 0 Å². The van der Waals surface area contributed by atoms with Crippen LogP contribution in [0.3, 0.4) is 0 Å². The molecule has 2 rings (SSSR count). The van der Waals surface area contributed by atoms with Crippen LogP contribution in [0.25, 0.3) is 11.3 Å². The second-order valence-corrected chi connectivity index (χ2v) is 3.78. The molecule has 86 valence electrons. The van der Waals surface area contributed by atoms with Crippen molar-refractivity contribution in [2.24, 2.45) is 0 Å². The van der Waals surface area contributed by atoms with Gasteiger partial charge >= 0.3 is 5.97 Å². The third-order valence-corrected chi connectivity index (χ3v) is 2.57. The molecule has 1 aromatic carbocycles. The molecule has 2 aromatic rings. The first kappa shape index (κ1) is 11.4. The fourth-order valence-corrected chi connectivity index (χ4v) is 1.69. The number of hydrogen-bond donors (Lipinski definition) is 2. The van der Waals surface area contributed by atoms with Gasteiger partial charge in [-0.05, 0) is 30.3 Å². The summed E-state index contributed by atoms with van der Waals surface area (Å²) in [7, 11) is 0. The molecular formula is C12H8ClNO3. The number of carbonyl (C=O) groups is 1. The van der Waals surface area contributed by atoms with E-state index in [2.05, 4.69) is 4.98 Å². The van der Waals surface area contributed by atoms with Crippen molar-refractivity contribution in [3.8, 4) is 17.0 Å². The van der Waals surface area contributed by atoms with E-state index in [9.17, 15) is 9.90 Å². The summed E-state index contributed by atoms with van der Waals surface area (Å²) in [5.74, 6) is -1.08. The minimum atomic E-state index is -1.09. The van der Waals surface area contributed by atoms with Gasteiger partial charge in [0, 0.05) is 11.8 Å². The van der Waals surface area contributed by atoms with E-state index in [1.54, 1.807) is 0 Å². The Morgan fingerprint density at radius 1 is 1.29 bits per heavy atom. The maximum absolute atomic E-state index is 11.0. The molecule has 0 aliphatic rings. The summed E-state index contributed by atoms with van der Waals surface area (Å²) >= 11 is 5.96. The average molecular weight is 250 g/mol. The van der Waals surface area contributed by atoms with Crippen molar-refractivity contribution in [3.63, 3.8) is 0 Å². The standard InChI is InChI=1S/C12H8ClNO3/c13-10-4-3-7(15)6-9(10)11-8(12(16)17)2-1-5-14-11/h1-6,15H,(H,16,17). The molecule has 0 bridgehead atoms. The predicted octanol–water partition coefficient (Wildman–Crippen LogP) is 2.81. The molecule has 0 unspecified atom stereocenters. The molecule has 2 N–H and O–H groups in total. The topological polar surface area (TPSA) is 70.4 Å². The highest BCUT2D eigenvalue weighted by Crippen LogP contribution is 2.31. The Balaban J connectivity index is 2.68. The summed E-state index contributed by atoms with van der Waals surface area (Å²) in [6.45, 7) is 0. The van der Waals surface area contributed by atoms with Crippen LogP contribution in [-0.2, 0) is 0 Å². The zero-order valence-corrected chi connectivity index (χ0v) is 9.35. The third kappa shape index (κ3) is 2.21. The SMILES string of the molecule is O=C(O)c1cccnc1-c1cc(O)ccc1Cl. The van der Waals surface area contributed by atoms with E-state index >= 15 is 0 Å². The number of phenols is 1. The van der Waals surface area contributed by atoms with E-state index in [1.807, 2.05) is 0 Å². The summed E-state index contributed by atoms with van der Waals surface area (Å²) in [4.78, 5) is 15.0.